The SMILES string of the molecule is CN(C)c1ccc2c(-c3ccc([P+]([O-])(O)O)cc3)c3ccc(=[N+](C)C)cc-3oc2c1. The minimum absolute atomic E-state index is 0.00488. The molecule has 0 fully saturated rings. The van der Waals surface area contributed by atoms with E-state index in [0.29, 0.717) is 0 Å². The Morgan fingerprint density at radius 2 is 1.63 bits per heavy atom. The van der Waals surface area contributed by atoms with Crippen LogP contribution in [-0.2, 0) is 0 Å². The second-order valence-electron chi connectivity index (χ2n) is 7.72. The molecule has 0 radical (unpaired) electrons. The van der Waals surface area contributed by atoms with Crippen LogP contribution in [-0.4, -0.2) is 38.0 Å². The second kappa shape index (κ2) is 7.49. The summed E-state index contributed by atoms with van der Waals surface area (Å²) in [5.41, 5.74) is 4.55. The highest BCUT2D eigenvalue weighted by molar-refractivity contribution is 7.65. The van der Waals surface area contributed by atoms with Crippen molar-refractivity contribution >= 4 is 29.9 Å². The number of hydrogen-bond acceptors (Lipinski definition) is 5. The van der Waals surface area contributed by atoms with Crippen molar-refractivity contribution in [2.45, 2.75) is 0 Å². The summed E-state index contributed by atoms with van der Waals surface area (Å²) < 4.78 is 8.31. The van der Waals surface area contributed by atoms with Gasteiger partial charge in [0.25, 0.3) is 7.94 Å². The van der Waals surface area contributed by atoms with Gasteiger partial charge in [-0.15, -0.1) is 0 Å². The van der Waals surface area contributed by atoms with E-state index in [0.717, 1.165) is 44.5 Å². The number of benzene rings is 3. The number of anilines is 1. The predicted molar refractivity (Wildman–Crippen MR) is 121 cm³/mol. The fourth-order valence-corrected chi connectivity index (χ4v) is 4.09. The van der Waals surface area contributed by atoms with Gasteiger partial charge in [-0.1, -0.05) is 12.1 Å². The lowest BCUT2D eigenvalue weighted by Gasteiger charge is -2.18. The normalized spacial score (nSPS) is 11.8. The average molecular weight is 423 g/mol. The summed E-state index contributed by atoms with van der Waals surface area (Å²) in [6.07, 6.45) is 0. The average Bonchev–Trinajstić information content (AvgIpc) is 2.70. The maximum absolute atomic E-state index is 11.6. The van der Waals surface area contributed by atoms with Gasteiger partial charge in [-0.05, 0) is 35.9 Å². The molecular weight excluding hydrogens is 399 g/mol. The third-order valence-corrected chi connectivity index (χ3v) is 6.18. The van der Waals surface area contributed by atoms with Crippen LogP contribution in [0.25, 0.3) is 33.4 Å². The fraction of sp³-hybridized carbons (Fsp3) is 0.174. The first-order valence-corrected chi connectivity index (χ1v) is 11.1. The summed E-state index contributed by atoms with van der Waals surface area (Å²) in [5.74, 6) is 0.749. The van der Waals surface area contributed by atoms with Crippen LogP contribution in [0.2, 0.25) is 0 Å². The molecule has 2 N–H and O–H groups in total. The van der Waals surface area contributed by atoms with E-state index < -0.39 is 7.94 Å². The molecule has 154 valence electrons. The summed E-state index contributed by atoms with van der Waals surface area (Å²) in [4.78, 5) is 32.5. The van der Waals surface area contributed by atoms with Crippen molar-refractivity contribution in [3.63, 3.8) is 0 Å². The smallest absolute Gasteiger partial charge is 0.263 e. The molecule has 2 aromatic carbocycles. The van der Waals surface area contributed by atoms with Gasteiger partial charge >= 0.3 is 0 Å². The number of rotatable bonds is 3. The van der Waals surface area contributed by atoms with Crippen LogP contribution < -0.4 is 25.0 Å². The molecule has 1 aliphatic carbocycles. The molecule has 0 saturated carbocycles. The van der Waals surface area contributed by atoms with E-state index in [1.807, 2.05) is 74.1 Å². The zero-order valence-corrected chi connectivity index (χ0v) is 18.2. The molecule has 0 aromatic heterocycles. The maximum atomic E-state index is 11.6. The minimum atomic E-state index is -4.29. The van der Waals surface area contributed by atoms with Crippen LogP contribution in [0.4, 0.5) is 5.69 Å². The Bertz CT molecular complexity index is 1270. The number of nitrogens with zero attached hydrogens (tertiary/aromatic N) is 2. The van der Waals surface area contributed by atoms with Crippen molar-refractivity contribution in [1.29, 1.82) is 0 Å². The highest BCUT2D eigenvalue weighted by Crippen LogP contribution is 2.42. The monoisotopic (exact) mass is 423 g/mol. The van der Waals surface area contributed by atoms with Crippen molar-refractivity contribution in [3.8, 4) is 22.5 Å². The molecule has 0 atom stereocenters. The molecule has 0 spiro atoms. The Morgan fingerprint density at radius 3 is 2.23 bits per heavy atom. The van der Waals surface area contributed by atoms with Gasteiger partial charge in [-0.2, -0.15) is 0 Å². The molecule has 0 saturated heterocycles. The quantitative estimate of drug-likeness (QED) is 0.299. The van der Waals surface area contributed by atoms with E-state index in [9.17, 15) is 14.7 Å². The van der Waals surface area contributed by atoms with Gasteiger partial charge in [-0.3, -0.25) is 0 Å². The van der Waals surface area contributed by atoms with Gasteiger partial charge in [0.15, 0.2) is 0 Å². The van der Waals surface area contributed by atoms with Crippen LogP contribution >= 0.6 is 7.94 Å². The molecule has 2 aliphatic rings. The van der Waals surface area contributed by atoms with E-state index in [1.54, 1.807) is 12.1 Å². The summed E-state index contributed by atoms with van der Waals surface area (Å²) in [7, 11) is 3.63. The van der Waals surface area contributed by atoms with E-state index in [2.05, 4.69) is 0 Å². The predicted octanol–water partition coefficient (Wildman–Crippen LogP) is 2.04. The van der Waals surface area contributed by atoms with Crippen LogP contribution in [0, 0.1) is 0 Å². The zero-order valence-electron chi connectivity index (χ0n) is 17.3. The number of hydrogen-bond donors (Lipinski definition) is 2. The second-order valence-corrected chi connectivity index (χ2v) is 9.32. The molecular formula is C23H24N2O4P+. The fourth-order valence-electron chi connectivity index (χ4n) is 3.56. The zero-order chi connectivity index (χ0) is 21.6. The molecule has 0 amide bonds. The van der Waals surface area contributed by atoms with E-state index in [-0.39, 0.29) is 5.30 Å². The lowest BCUT2D eigenvalue weighted by molar-refractivity contribution is -0.203. The van der Waals surface area contributed by atoms with Gasteiger partial charge in [0, 0.05) is 48.4 Å². The first-order chi connectivity index (χ1) is 14.1. The molecule has 30 heavy (non-hydrogen) atoms. The van der Waals surface area contributed by atoms with E-state index in [4.69, 9.17) is 4.42 Å². The summed E-state index contributed by atoms with van der Waals surface area (Å²) in [6.45, 7) is 0. The van der Waals surface area contributed by atoms with Crippen molar-refractivity contribution in [2.75, 3.05) is 33.1 Å². The lowest BCUT2D eigenvalue weighted by Crippen LogP contribution is -2.21. The topological polar surface area (TPSA) is 82.9 Å². The molecule has 1 aliphatic heterocycles. The molecule has 6 nitrogen and oxygen atoms in total. The third kappa shape index (κ3) is 3.71. The first-order valence-electron chi connectivity index (χ1n) is 9.50. The summed E-state index contributed by atoms with van der Waals surface area (Å²) in [6, 6.07) is 18.6. The first kappa shape index (κ1) is 20.5. The van der Waals surface area contributed by atoms with Crippen molar-refractivity contribution < 1.29 is 19.1 Å². The molecule has 7 heteroatoms. The highest BCUT2D eigenvalue weighted by atomic mass is 31.2. The minimum Gasteiger partial charge on any atom is -0.627 e. The van der Waals surface area contributed by atoms with Crippen molar-refractivity contribution in [3.05, 3.63) is 66.0 Å². The van der Waals surface area contributed by atoms with Crippen LogP contribution in [0.5, 0.6) is 0 Å². The molecule has 2 aromatic rings. The molecule has 1 heterocycles. The van der Waals surface area contributed by atoms with Crippen LogP contribution in [0.15, 0.2) is 65.1 Å². The van der Waals surface area contributed by atoms with Gasteiger partial charge in [0.05, 0.1) is 6.07 Å². The van der Waals surface area contributed by atoms with Gasteiger partial charge in [0.2, 0.25) is 5.36 Å². The summed E-state index contributed by atoms with van der Waals surface area (Å²) >= 11 is 0. The molecule has 0 unspecified atom stereocenters. The maximum Gasteiger partial charge on any atom is 0.263 e. The standard InChI is InChI=1S/C23H23N2O4P/c1-24(2)16-7-11-19-21(13-16)29-22-14-17(25(3)4)8-12-20(22)23(19)15-5-9-18(10-6-15)30(26,27)28/h5-14H,1-4H3,(H-,26,27,28)/p+1. The highest BCUT2D eigenvalue weighted by Gasteiger charge is 2.24. The van der Waals surface area contributed by atoms with E-state index in [1.165, 1.54) is 12.1 Å². The number of fused-ring (bicyclic) bond motifs is 2. The molecule has 4 rings (SSSR count). The molecule has 0 bridgehead atoms. The van der Waals surface area contributed by atoms with Crippen LogP contribution in [0.3, 0.4) is 0 Å². The third-order valence-electron chi connectivity index (χ3n) is 5.21. The van der Waals surface area contributed by atoms with Gasteiger partial charge in [0.1, 0.15) is 30.7 Å². The Kier molecular flexibility index (Phi) is 5.12. The van der Waals surface area contributed by atoms with Gasteiger partial charge in [-0.25, -0.2) is 14.4 Å². The Balaban J connectivity index is 2.06. The van der Waals surface area contributed by atoms with Crippen molar-refractivity contribution in [2.24, 2.45) is 0 Å². The van der Waals surface area contributed by atoms with E-state index >= 15 is 0 Å². The Morgan fingerprint density at radius 1 is 0.933 bits per heavy atom. The Hall–Kier alpha value is -2.76. The lowest BCUT2D eigenvalue weighted by atomic mass is 9.93. The van der Waals surface area contributed by atoms with Crippen molar-refractivity contribution in [1.82, 2.24) is 4.58 Å². The van der Waals surface area contributed by atoms with Gasteiger partial charge < -0.3 is 14.2 Å². The summed E-state index contributed by atoms with van der Waals surface area (Å²) in [5, 5.41) is 1.97. The largest absolute Gasteiger partial charge is 0.627 e. The Labute approximate surface area is 175 Å². The van der Waals surface area contributed by atoms with Crippen LogP contribution in [0.1, 0.15) is 0 Å².